The van der Waals surface area contributed by atoms with E-state index in [0.717, 1.165) is 27.5 Å². The van der Waals surface area contributed by atoms with Crippen molar-refractivity contribution in [1.29, 1.82) is 0 Å². The van der Waals surface area contributed by atoms with Crippen LogP contribution in [0.25, 0.3) is 0 Å². The van der Waals surface area contributed by atoms with Gasteiger partial charge in [-0.2, -0.15) is 13.2 Å². The molecule has 3 aromatic rings. The molecule has 0 spiro atoms. The van der Waals surface area contributed by atoms with Crippen LogP contribution in [0, 0.1) is 0 Å². The molecule has 1 aliphatic heterocycles. The fourth-order valence-electron chi connectivity index (χ4n) is 5.02. The van der Waals surface area contributed by atoms with Crippen molar-refractivity contribution in [2.75, 3.05) is 41.3 Å². The van der Waals surface area contributed by atoms with E-state index in [0.29, 0.717) is 35.3 Å². The second kappa shape index (κ2) is 19.4. The number of ether oxygens (including phenoxy) is 7. The van der Waals surface area contributed by atoms with Gasteiger partial charge in [0.1, 0.15) is 13.1 Å². The number of imide groups is 1. The second-order valence-corrected chi connectivity index (χ2v) is 15.2. The third-order valence-corrected chi connectivity index (χ3v) is 11.5. The van der Waals surface area contributed by atoms with Crippen LogP contribution in [-0.4, -0.2) is 83.0 Å². The van der Waals surface area contributed by atoms with E-state index >= 15 is 0 Å². The third-order valence-electron chi connectivity index (χ3n) is 7.63. The minimum absolute atomic E-state index is 0.0606. The molecule has 14 nitrogen and oxygen atoms in total. The highest BCUT2D eigenvalue weighted by atomic mass is 32.2. The Hall–Kier alpha value is -4.27. The number of aromatic nitrogens is 1. The maximum absolute atomic E-state index is 13.1. The van der Waals surface area contributed by atoms with E-state index in [1.807, 2.05) is 71.9 Å². The van der Waals surface area contributed by atoms with Gasteiger partial charge in [-0.3, -0.25) is 4.79 Å². The number of nitrogens with zero attached hydrogens (tertiary/aromatic N) is 2. The van der Waals surface area contributed by atoms with Crippen molar-refractivity contribution in [2.24, 2.45) is 0 Å². The Morgan fingerprint density at radius 3 is 1.91 bits per heavy atom. The standard InChI is InChI=1S/C33H41N2O9S2.CHF3O3S/c1-9-34-13-11-10-12-24(34)18-35(20(2)36)33(37)44-21(3)43-31-27(40-6)14-22(15-28(31)41-7)29-19-45-32(46-29)23-16-25(38-4)30(42-8)26(17-23)39-5;2-1(3,4)8(5,6)7/h10-17,21,29,32H,9,18-19H2,1-8H3;(H,5,6,7)/q+1;/p-1. The van der Waals surface area contributed by atoms with Crippen LogP contribution in [0.15, 0.2) is 48.7 Å². The molecule has 1 aliphatic rings. The van der Waals surface area contributed by atoms with Crippen molar-refractivity contribution in [3.63, 3.8) is 0 Å². The molecule has 0 bridgehead atoms. The molecule has 3 unspecified atom stereocenters. The van der Waals surface area contributed by atoms with E-state index in [1.54, 1.807) is 40.0 Å². The Balaban J connectivity index is 0.000000879. The summed E-state index contributed by atoms with van der Waals surface area (Å²) in [5, 5.41) is 0.120. The molecular formula is C34H41F3N2O12S3. The highest BCUT2D eigenvalue weighted by Gasteiger charge is 2.37. The summed E-state index contributed by atoms with van der Waals surface area (Å²) in [6.45, 7) is 5.63. The molecule has 0 saturated carbocycles. The number of rotatable bonds is 13. The van der Waals surface area contributed by atoms with Crippen LogP contribution in [0.2, 0.25) is 0 Å². The van der Waals surface area contributed by atoms with Crippen molar-refractivity contribution in [3.05, 3.63) is 65.5 Å². The predicted molar refractivity (Wildman–Crippen MR) is 192 cm³/mol. The lowest BCUT2D eigenvalue weighted by molar-refractivity contribution is -0.701. The summed E-state index contributed by atoms with van der Waals surface area (Å²) in [6.07, 6.45) is 0.0136. The Bertz CT molecular complexity index is 1830. The SMILES string of the molecule is CC[n+]1ccccc1CN(C(C)=O)C(=O)OC(C)Oc1c(OC)cc(C2CSC(c3cc(OC)c(OC)c(OC)c3)S2)cc1OC.O=S(=O)([O-])C(F)(F)F. The monoisotopic (exact) mass is 822 g/mol. The quantitative estimate of drug-likeness (QED) is 0.0827. The second-order valence-electron chi connectivity index (χ2n) is 11.1. The normalized spacial score (nSPS) is 15.9. The molecule has 1 aromatic heterocycles. The van der Waals surface area contributed by atoms with E-state index in [-0.39, 0.29) is 22.1 Å². The Labute approximate surface area is 319 Å². The number of halogens is 3. The summed E-state index contributed by atoms with van der Waals surface area (Å²) in [7, 11) is 1.78. The topological polar surface area (TPSA) is 163 Å². The number of methoxy groups -OCH3 is 5. The molecule has 2 heterocycles. The minimum atomic E-state index is -6.09. The zero-order valence-electron chi connectivity index (χ0n) is 30.6. The van der Waals surface area contributed by atoms with Crippen molar-refractivity contribution >= 4 is 45.6 Å². The lowest BCUT2D eigenvalue weighted by Gasteiger charge is -2.23. The number of aryl methyl sites for hydroxylation is 1. The first-order valence-corrected chi connectivity index (χ1v) is 19.3. The van der Waals surface area contributed by atoms with E-state index in [2.05, 4.69) is 0 Å². The lowest BCUT2D eigenvalue weighted by Crippen LogP contribution is -2.44. The third kappa shape index (κ3) is 11.1. The number of hydrogen-bond donors (Lipinski definition) is 0. The highest BCUT2D eigenvalue weighted by Crippen LogP contribution is 2.58. The molecule has 54 heavy (non-hydrogen) atoms. The number of hydrogen-bond acceptors (Lipinski definition) is 14. The number of amides is 2. The minimum Gasteiger partial charge on any atom is -0.741 e. The number of thioether (sulfide) groups is 2. The van der Waals surface area contributed by atoms with Crippen LogP contribution >= 0.6 is 23.5 Å². The van der Waals surface area contributed by atoms with Crippen molar-refractivity contribution in [1.82, 2.24) is 4.90 Å². The first-order valence-electron chi connectivity index (χ1n) is 15.9. The Kier molecular flexibility index (Phi) is 15.8. The Morgan fingerprint density at radius 1 is 0.926 bits per heavy atom. The molecule has 4 rings (SSSR count). The molecule has 298 valence electrons. The molecule has 2 aromatic carbocycles. The first-order chi connectivity index (χ1) is 25.4. The Morgan fingerprint density at radius 2 is 1.44 bits per heavy atom. The maximum Gasteiger partial charge on any atom is 0.485 e. The molecule has 0 radical (unpaired) electrons. The average molecular weight is 823 g/mol. The van der Waals surface area contributed by atoms with E-state index < -0.39 is 33.9 Å². The number of alkyl halides is 3. The van der Waals surface area contributed by atoms with E-state index in [9.17, 15) is 22.8 Å². The molecule has 2 amide bonds. The van der Waals surface area contributed by atoms with Crippen LogP contribution in [0.4, 0.5) is 18.0 Å². The zero-order valence-corrected chi connectivity index (χ0v) is 33.1. The van der Waals surface area contributed by atoms with Gasteiger partial charge in [0, 0.05) is 37.0 Å². The van der Waals surface area contributed by atoms with Gasteiger partial charge in [0.15, 0.2) is 39.3 Å². The number of carbonyl (C=O) groups excluding carboxylic acids is 2. The van der Waals surface area contributed by atoms with Gasteiger partial charge in [-0.15, -0.1) is 23.5 Å². The molecular weight excluding hydrogens is 782 g/mol. The highest BCUT2D eigenvalue weighted by molar-refractivity contribution is 8.19. The molecule has 0 aliphatic carbocycles. The van der Waals surface area contributed by atoms with Gasteiger partial charge in [-0.1, -0.05) is 6.07 Å². The molecule has 1 saturated heterocycles. The largest absolute Gasteiger partial charge is 0.741 e. The molecule has 0 N–H and O–H groups in total. The lowest BCUT2D eigenvalue weighted by atomic mass is 10.1. The van der Waals surface area contributed by atoms with Gasteiger partial charge >= 0.3 is 11.6 Å². The predicted octanol–water partition coefficient (Wildman–Crippen LogP) is 6.22. The molecule has 20 heteroatoms. The average Bonchev–Trinajstić information content (AvgIpc) is 3.63. The van der Waals surface area contributed by atoms with Crippen molar-refractivity contribution in [2.45, 2.75) is 55.5 Å². The van der Waals surface area contributed by atoms with Gasteiger partial charge in [0.2, 0.25) is 29.4 Å². The smallest absolute Gasteiger partial charge is 0.485 e. The van der Waals surface area contributed by atoms with Gasteiger partial charge in [0.25, 0.3) is 0 Å². The summed E-state index contributed by atoms with van der Waals surface area (Å²) in [6, 6.07) is 13.4. The van der Waals surface area contributed by atoms with Crippen molar-refractivity contribution in [3.8, 4) is 34.5 Å². The van der Waals surface area contributed by atoms with Crippen LogP contribution < -0.4 is 33.0 Å². The maximum atomic E-state index is 13.1. The molecule has 1 fully saturated rings. The zero-order chi connectivity index (χ0) is 40.4. The van der Waals surface area contributed by atoms with Gasteiger partial charge < -0.3 is 37.7 Å². The summed E-state index contributed by atoms with van der Waals surface area (Å²) < 4.78 is 101. The van der Waals surface area contributed by atoms with Gasteiger partial charge in [0.05, 0.1) is 40.1 Å². The van der Waals surface area contributed by atoms with Crippen LogP contribution in [-0.2, 0) is 32.7 Å². The first kappa shape index (κ1) is 44.1. The van der Waals surface area contributed by atoms with E-state index in [4.69, 9.17) is 46.1 Å². The summed E-state index contributed by atoms with van der Waals surface area (Å²) in [4.78, 5) is 26.5. The van der Waals surface area contributed by atoms with Crippen LogP contribution in [0.5, 0.6) is 34.5 Å². The summed E-state index contributed by atoms with van der Waals surface area (Å²) >= 11 is 3.61. The number of pyridine rings is 1. The fraction of sp³-hybridized carbons (Fsp3) is 0.441. The molecule has 3 atom stereocenters. The number of benzene rings is 2. The summed E-state index contributed by atoms with van der Waals surface area (Å²) in [5.74, 6) is 3.30. The van der Waals surface area contributed by atoms with Crippen molar-refractivity contribution < 1.29 is 73.5 Å². The fourth-order valence-corrected chi connectivity index (χ4v) is 8.28. The van der Waals surface area contributed by atoms with Crippen LogP contribution in [0.3, 0.4) is 0 Å². The summed E-state index contributed by atoms with van der Waals surface area (Å²) in [5.41, 5.74) is -2.81. The van der Waals surface area contributed by atoms with Gasteiger partial charge in [-0.05, 0) is 42.3 Å². The van der Waals surface area contributed by atoms with Gasteiger partial charge in [-0.25, -0.2) is 22.7 Å². The van der Waals surface area contributed by atoms with Crippen LogP contribution in [0.1, 0.15) is 47.4 Å². The number of carbonyl (C=O) groups is 2. The van der Waals surface area contributed by atoms with E-state index in [1.165, 1.54) is 21.1 Å².